The molecule has 2 aromatic rings. The van der Waals surface area contributed by atoms with Crippen LogP contribution < -0.4 is 0 Å². The van der Waals surface area contributed by atoms with E-state index < -0.39 is 23.0 Å². The van der Waals surface area contributed by atoms with Crippen LogP contribution in [0, 0.1) is 0 Å². The molecule has 0 saturated carbocycles. The highest BCUT2D eigenvalue weighted by atomic mass is 32.2. The van der Waals surface area contributed by atoms with Crippen LogP contribution in [-0.4, -0.2) is 13.7 Å². The summed E-state index contributed by atoms with van der Waals surface area (Å²) in [5, 5.41) is -0.379. The lowest BCUT2D eigenvalue weighted by atomic mass is 9.98. The Morgan fingerprint density at radius 3 is 2.30 bits per heavy atom. The van der Waals surface area contributed by atoms with Gasteiger partial charge < -0.3 is 0 Å². The summed E-state index contributed by atoms with van der Waals surface area (Å²) in [5.74, 6) is 0. The molecule has 0 radical (unpaired) electrons. The Morgan fingerprint density at radius 2 is 1.74 bits per heavy atom. The molecule has 8 heteroatoms. The van der Waals surface area contributed by atoms with Crippen LogP contribution in [0.2, 0.25) is 0 Å². The minimum absolute atomic E-state index is 0.159. The third-order valence-corrected chi connectivity index (χ3v) is 7.90. The molecule has 3 aliphatic rings. The lowest BCUT2D eigenvalue weighted by Gasteiger charge is -2.53. The van der Waals surface area contributed by atoms with Gasteiger partial charge in [0, 0.05) is 0 Å². The summed E-state index contributed by atoms with van der Waals surface area (Å²) >= 11 is 0. The van der Waals surface area contributed by atoms with E-state index in [4.69, 9.17) is 13.6 Å². The zero-order valence-electron chi connectivity index (χ0n) is 12.6. The minimum atomic E-state index is -4.09. The molecule has 0 aromatic heterocycles. The predicted octanol–water partition coefficient (Wildman–Crippen LogP) is 3.53. The number of phosphoric acid groups is 1. The molecule has 2 aromatic carbocycles. The number of fused-ring (bicyclic) bond motifs is 1. The lowest BCUT2D eigenvalue weighted by Crippen LogP contribution is -2.62. The van der Waals surface area contributed by atoms with Crippen molar-refractivity contribution in [2.75, 3.05) is 0 Å². The zero-order valence-corrected chi connectivity index (χ0v) is 14.3. The Kier molecular flexibility index (Phi) is 3.09. The normalized spacial score (nSPS) is 29.1. The molecule has 23 heavy (non-hydrogen) atoms. The molecule has 0 N–H and O–H groups in total. The van der Waals surface area contributed by atoms with Crippen molar-refractivity contribution >= 4 is 28.4 Å². The highest BCUT2D eigenvalue weighted by Gasteiger charge is 2.82. The van der Waals surface area contributed by atoms with E-state index in [0.717, 1.165) is 10.8 Å². The van der Waals surface area contributed by atoms with Gasteiger partial charge in [0.1, 0.15) is 0 Å². The lowest BCUT2D eigenvalue weighted by molar-refractivity contribution is -0.370. The zero-order chi connectivity index (χ0) is 16.5. The molecular formula is C15H15O6PS. The van der Waals surface area contributed by atoms with Gasteiger partial charge in [-0.2, -0.15) is 0 Å². The fourth-order valence-corrected chi connectivity index (χ4v) is 7.36. The SMILES string of the molecule is CCc1cc2ccccc2c(CC)c1S(=O)(=O)C12OP(=O)(O1)O2. The van der Waals surface area contributed by atoms with Crippen LogP contribution in [0.1, 0.15) is 25.0 Å². The van der Waals surface area contributed by atoms with Gasteiger partial charge in [0.25, 0.3) is 9.84 Å². The van der Waals surface area contributed by atoms with E-state index in [0.29, 0.717) is 24.0 Å². The first-order chi connectivity index (χ1) is 10.9. The standard InChI is InChI=1S/C15H15O6PS/c1-3-10-9-11-7-5-6-8-13(11)12(4-2)14(10)23(17,18)15-19-22(16,20-15)21-15/h5-9H,3-4H2,1-2H3. The summed E-state index contributed by atoms with van der Waals surface area (Å²) in [6.07, 6.45) is 1.05. The van der Waals surface area contributed by atoms with Gasteiger partial charge in [-0.25, -0.2) is 26.6 Å². The summed E-state index contributed by atoms with van der Waals surface area (Å²) in [4.78, 5) is 0.159. The second-order valence-corrected chi connectivity index (χ2v) is 8.85. The van der Waals surface area contributed by atoms with Crippen LogP contribution in [0.5, 0.6) is 0 Å². The van der Waals surface area contributed by atoms with E-state index in [1.165, 1.54) is 0 Å². The Morgan fingerprint density at radius 1 is 1.09 bits per heavy atom. The number of aryl methyl sites for hydroxylation is 2. The van der Waals surface area contributed by atoms with Crippen molar-refractivity contribution in [3.8, 4) is 0 Å². The summed E-state index contributed by atoms with van der Waals surface area (Å²) < 4.78 is 52.0. The highest BCUT2D eigenvalue weighted by molar-refractivity contribution is 7.94. The number of hydrogen-bond donors (Lipinski definition) is 0. The van der Waals surface area contributed by atoms with Gasteiger partial charge >= 0.3 is 13.1 Å². The summed E-state index contributed by atoms with van der Waals surface area (Å²) in [6, 6.07) is 9.48. The van der Waals surface area contributed by atoms with Crippen molar-refractivity contribution in [1.82, 2.24) is 0 Å². The van der Waals surface area contributed by atoms with Crippen molar-refractivity contribution < 1.29 is 26.6 Å². The van der Waals surface area contributed by atoms with Gasteiger partial charge in [-0.15, -0.1) is 0 Å². The quantitative estimate of drug-likeness (QED) is 0.782. The molecule has 0 aliphatic carbocycles. The first-order valence-electron chi connectivity index (χ1n) is 7.36. The highest BCUT2D eigenvalue weighted by Crippen LogP contribution is 2.82. The van der Waals surface area contributed by atoms with Gasteiger partial charge in [0.2, 0.25) is 0 Å². The molecule has 3 aliphatic heterocycles. The maximum absolute atomic E-state index is 13.0. The van der Waals surface area contributed by atoms with Crippen LogP contribution in [-0.2, 0) is 40.8 Å². The van der Waals surface area contributed by atoms with E-state index in [1.807, 2.05) is 44.2 Å². The van der Waals surface area contributed by atoms with E-state index in [1.54, 1.807) is 0 Å². The van der Waals surface area contributed by atoms with Crippen molar-refractivity contribution in [3.05, 3.63) is 41.5 Å². The van der Waals surface area contributed by atoms with Crippen LogP contribution in [0.15, 0.2) is 35.2 Å². The fourth-order valence-electron chi connectivity index (χ4n) is 3.12. The van der Waals surface area contributed by atoms with Crippen molar-refractivity contribution in [2.24, 2.45) is 0 Å². The Bertz CT molecular complexity index is 954. The van der Waals surface area contributed by atoms with Crippen LogP contribution >= 0.6 is 7.82 Å². The Balaban J connectivity index is 2.01. The van der Waals surface area contributed by atoms with Crippen LogP contribution in [0.4, 0.5) is 0 Å². The molecule has 0 unspecified atom stereocenters. The van der Waals surface area contributed by atoms with Gasteiger partial charge in [0.05, 0.1) is 4.90 Å². The van der Waals surface area contributed by atoms with Crippen LogP contribution in [0.3, 0.4) is 0 Å². The summed E-state index contributed by atoms with van der Waals surface area (Å²) in [6.45, 7) is 3.78. The Hall–Kier alpha value is -1.24. The third-order valence-electron chi connectivity index (χ3n) is 4.18. The molecule has 0 atom stereocenters. The molecule has 2 bridgehead atoms. The molecule has 0 spiro atoms. The molecule has 122 valence electrons. The van der Waals surface area contributed by atoms with Crippen molar-refractivity contribution in [2.45, 2.75) is 36.9 Å². The maximum atomic E-state index is 13.0. The largest absolute Gasteiger partial charge is 0.490 e. The average Bonchev–Trinajstić information content (AvgIpc) is 2.48. The molecule has 3 fully saturated rings. The average molecular weight is 354 g/mol. The molecule has 3 heterocycles. The van der Waals surface area contributed by atoms with E-state index in [2.05, 4.69) is 0 Å². The molecule has 0 amide bonds. The topological polar surface area (TPSA) is 78.9 Å². The molecule has 6 nitrogen and oxygen atoms in total. The number of benzene rings is 2. The minimum Gasteiger partial charge on any atom is -0.227 e. The second kappa shape index (κ2) is 4.65. The van der Waals surface area contributed by atoms with E-state index >= 15 is 0 Å². The second-order valence-electron chi connectivity index (χ2n) is 5.50. The molecule has 3 saturated heterocycles. The van der Waals surface area contributed by atoms with E-state index in [-0.39, 0.29) is 4.90 Å². The molecule has 5 rings (SSSR count). The number of rotatable bonds is 4. The van der Waals surface area contributed by atoms with Gasteiger partial charge in [0.15, 0.2) is 0 Å². The van der Waals surface area contributed by atoms with Gasteiger partial charge in [-0.3, -0.25) is 0 Å². The maximum Gasteiger partial charge on any atom is 0.490 e. The predicted molar refractivity (Wildman–Crippen MR) is 83.5 cm³/mol. The summed E-state index contributed by atoms with van der Waals surface area (Å²) in [5.41, 5.74) is 1.36. The van der Waals surface area contributed by atoms with E-state index in [9.17, 15) is 13.0 Å². The van der Waals surface area contributed by atoms with Crippen molar-refractivity contribution in [1.29, 1.82) is 0 Å². The third kappa shape index (κ3) is 1.85. The smallest absolute Gasteiger partial charge is 0.227 e. The van der Waals surface area contributed by atoms with Gasteiger partial charge in [-0.1, -0.05) is 38.1 Å². The Labute approximate surface area is 133 Å². The van der Waals surface area contributed by atoms with Crippen LogP contribution in [0.25, 0.3) is 10.8 Å². The number of sulfone groups is 1. The number of hydrogen-bond acceptors (Lipinski definition) is 6. The monoisotopic (exact) mass is 354 g/mol. The van der Waals surface area contributed by atoms with Crippen molar-refractivity contribution in [3.63, 3.8) is 0 Å². The fraction of sp³-hybridized carbons (Fsp3) is 0.333. The summed E-state index contributed by atoms with van der Waals surface area (Å²) in [7, 11) is -7.67. The first kappa shape index (κ1) is 15.3. The first-order valence-corrected chi connectivity index (χ1v) is 10.3. The molecular weight excluding hydrogens is 339 g/mol. The van der Waals surface area contributed by atoms with Gasteiger partial charge in [-0.05, 0) is 40.8 Å². The number of phosphoric ester groups is 1.